The smallest absolute Gasteiger partial charge is 0.330 e. The second-order valence-corrected chi connectivity index (χ2v) is 4.03. The molecule has 0 aromatic heterocycles. The van der Waals surface area contributed by atoms with Crippen LogP contribution in [0.3, 0.4) is 0 Å². The van der Waals surface area contributed by atoms with E-state index in [0.717, 1.165) is 12.0 Å². The van der Waals surface area contributed by atoms with Crippen LogP contribution in [0, 0.1) is 0 Å². The topological polar surface area (TPSA) is 43.4 Å². The number of esters is 1. The predicted molar refractivity (Wildman–Crippen MR) is 45.6 cm³/mol. The average Bonchev–Trinajstić information content (AvgIpc) is 2.04. The van der Waals surface area contributed by atoms with Crippen LogP contribution in [0.4, 0.5) is 0 Å². The largest absolute Gasteiger partial charge is 0.459 e. The summed E-state index contributed by atoms with van der Waals surface area (Å²) in [6.07, 6.45) is 1.09. The van der Waals surface area contributed by atoms with Crippen LogP contribution < -0.4 is 0 Å². The first-order chi connectivity index (χ1) is 5.20. The summed E-state index contributed by atoms with van der Waals surface area (Å²) in [4.78, 5) is 20.5. The fourth-order valence-electron chi connectivity index (χ4n) is 0.362. The van der Waals surface area contributed by atoms with Gasteiger partial charge in [-0.3, -0.25) is 0 Å². The Balaban J connectivity index is 3.64. The van der Waals surface area contributed by atoms with Crippen molar-refractivity contribution in [1.82, 2.24) is 0 Å². The van der Waals surface area contributed by atoms with E-state index in [1.165, 1.54) is 0 Å². The van der Waals surface area contributed by atoms with Gasteiger partial charge in [0.25, 0.3) is 0 Å². The summed E-state index contributed by atoms with van der Waals surface area (Å²) >= 11 is 0. The SMILES string of the molecule is C=CC(=O)OC/C=[Si](/C)C=O. The maximum atomic E-state index is 10.4. The molecule has 3 nitrogen and oxygen atoms in total. The van der Waals surface area contributed by atoms with E-state index in [-0.39, 0.29) is 6.61 Å². The van der Waals surface area contributed by atoms with Gasteiger partial charge in [0.2, 0.25) is 0 Å². The molecule has 11 heavy (non-hydrogen) atoms. The third-order valence-corrected chi connectivity index (χ3v) is 2.17. The van der Waals surface area contributed by atoms with Gasteiger partial charge < -0.3 is 9.53 Å². The molecule has 0 bridgehead atoms. The second-order valence-electron chi connectivity index (χ2n) is 1.90. The highest BCUT2D eigenvalue weighted by Gasteiger charge is 1.91. The summed E-state index contributed by atoms with van der Waals surface area (Å²) in [6, 6.07) is 0. The molecule has 0 fully saturated rings. The van der Waals surface area contributed by atoms with E-state index < -0.39 is 14.4 Å². The number of hydrogen-bond donors (Lipinski definition) is 0. The van der Waals surface area contributed by atoms with Crippen LogP contribution >= 0.6 is 0 Å². The molecule has 0 rings (SSSR count). The molecule has 0 amide bonds. The highest BCUT2D eigenvalue weighted by molar-refractivity contribution is 6.87. The zero-order valence-corrected chi connectivity index (χ0v) is 7.37. The van der Waals surface area contributed by atoms with Gasteiger partial charge in [-0.1, -0.05) is 12.3 Å². The molecule has 0 aliphatic rings. The van der Waals surface area contributed by atoms with Crippen LogP contribution in [0.5, 0.6) is 0 Å². The molecule has 0 unspecified atom stereocenters. The molecule has 0 aliphatic carbocycles. The highest BCUT2D eigenvalue weighted by atomic mass is 28.2. The van der Waals surface area contributed by atoms with Crippen molar-refractivity contribution >= 4 is 26.0 Å². The van der Waals surface area contributed by atoms with Gasteiger partial charge in [0, 0.05) is 6.08 Å². The Hall–Kier alpha value is -1.03. The third-order valence-electron chi connectivity index (χ3n) is 0.983. The van der Waals surface area contributed by atoms with Crippen molar-refractivity contribution in [2.75, 3.05) is 6.61 Å². The summed E-state index contributed by atoms with van der Waals surface area (Å²) in [5.74, 6) is 0.425. The number of carbonyl (C=O) groups is 2. The minimum absolute atomic E-state index is 0.203. The Morgan fingerprint density at radius 2 is 2.36 bits per heavy atom. The Morgan fingerprint density at radius 1 is 1.73 bits per heavy atom. The van der Waals surface area contributed by atoms with Crippen molar-refractivity contribution in [3.63, 3.8) is 0 Å². The van der Waals surface area contributed by atoms with Gasteiger partial charge in [-0.15, -0.1) is 0 Å². The molecule has 0 N–H and O–H groups in total. The van der Waals surface area contributed by atoms with Gasteiger partial charge in [0.1, 0.15) is 12.5 Å². The van der Waals surface area contributed by atoms with E-state index in [0.29, 0.717) is 0 Å². The molecular formula is C7H10O3Si. The third kappa shape index (κ3) is 5.41. The van der Waals surface area contributed by atoms with Crippen LogP contribution in [-0.4, -0.2) is 32.6 Å². The van der Waals surface area contributed by atoms with Gasteiger partial charge in [0.15, 0.2) is 0 Å². The Kier molecular flexibility index (Phi) is 5.19. The van der Waals surface area contributed by atoms with Crippen molar-refractivity contribution in [2.45, 2.75) is 6.55 Å². The monoisotopic (exact) mass is 170 g/mol. The molecule has 0 spiro atoms. The summed E-state index contributed by atoms with van der Waals surface area (Å²) in [7, 11) is -1.05. The van der Waals surface area contributed by atoms with Crippen molar-refractivity contribution in [3.05, 3.63) is 12.7 Å². The molecule has 60 valence electrons. The molecular weight excluding hydrogens is 160 g/mol. The molecule has 0 aromatic carbocycles. The number of ether oxygens (including phenoxy) is 1. The zero-order valence-electron chi connectivity index (χ0n) is 6.37. The lowest BCUT2D eigenvalue weighted by molar-refractivity contribution is -0.135. The molecule has 0 aliphatic heterocycles. The number of carbonyl (C=O) groups excluding carboxylic acids is 2. The van der Waals surface area contributed by atoms with Crippen LogP contribution in [0.15, 0.2) is 12.7 Å². The van der Waals surface area contributed by atoms with E-state index in [2.05, 4.69) is 11.3 Å². The maximum absolute atomic E-state index is 10.4. The van der Waals surface area contributed by atoms with Gasteiger partial charge in [0.05, 0.1) is 8.41 Å². The van der Waals surface area contributed by atoms with E-state index in [1.54, 1.807) is 5.67 Å². The van der Waals surface area contributed by atoms with Crippen LogP contribution in [0.2, 0.25) is 6.55 Å². The first-order valence-corrected chi connectivity index (χ1v) is 5.27. The normalized spacial score (nSPS) is 10.5. The predicted octanol–water partition coefficient (Wildman–Crippen LogP) is -0.00400. The lowest BCUT2D eigenvalue weighted by Crippen LogP contribution is -2.09. The minimum Gasteiger partial charge on any atom is -0.459 e. The van der Waals surface area contributed by atoms with Gasteiger partial charge >= 0.3 is 5.97 Å². The average molecular weight is 170 g/mol. The fourth-order valence-corrected chi connectivity index (χ4v) is 0.805. The quantitative estimate of drug-likeness (QED) is 0.258. The first kappa shape index (κ1) is 9.97. The number of rotatable bonds is 4. The van der Waals surface area contributed by atoms with E-state index in [4.69, 9.17) is 0 Å². The maximum Gasteiger partial charge on any atom is 0.330 e. The van der Waals surface area contributed by atoms with Gasteiger partial charge in [-0.05, 0) is 6.55 Å². The van der Waals surface area contributed by atoms with E-state index >= 15 is 0 Å². The summed E-state index contributed by atoms with van der Waals surface area (Å²) in [5.41, 5.74) is 1.71. The summed E-state index contributed by atoms with van der Waals surface area (Å²) < 4.78 is 4.62. The molecule has 0 radical (unpaired) electrons. The second kappa shape index (κ2) is 5.73. The van der Waals surface area contributed by atoms with Crippen LogP contribution in [0.1, 0.15) is 0 Å². The van der Waals surface area contributed by atoms with E-state index in [9.17, 15) is 9.59 Å². The Labute approximate surface area is 66.9 Å². The summed E-state index contributed by atoms with van der Waals surface area (Å²) in [5, 5.41) is 0. The number of hydrogen-bond acceptors (Lipinski definition) is 3. The van der Waals surface area contributed by atoms with Crippen molar-refractivity contribution in [3.8, 4) is 0 Å². The summed E-state index contributed by atoms with van der Waals surface area (Å²) in [6.45, 7) is 5.25. The van der Waals surface area contributed by atoms with E-state index in [1.807, 2.05) is 6.55 Å². The molecule has 0 saturated carbocycles. The molecule has 0 aromatic rings. The highest BCUT2D eigenvalue weighted by Crippen LogP contribution is 1.75. The van der Waals surface area contributed by atoms with Gasteiger partial charge in [-0.2, -0.15) is 0 Å². The van der Waals surface area contributed by atoms with Crippen LogP contribution in [0.25, 0.3) is 0 Å². The van der Waals surface area contributed by atoms with Gasteiger partial charge in [-0.25, -0.2) is 4.79 Å². The van der Waals surface area contributed by atoms with Crippen molar-refractivity contribution < 1.29 is 14.3 Å². The standard InChI is InChI=1S/C7H10O3Si/c1-3-7(9)10-4-5-11(2)6-8/h3,5-6H,1,4H2,2H3/b11-5-. The first-order valence-electron chi connectivity index (χ1n) is 3.12. The minimum atomic E-state index is -1.05. The molecule has 0 saturated heterocycles. The van der Waals surface area contributed by atoms with Crippen LogP contribution in [-0.2, 0) is 14.3 Å². The molecule has 0 atom stereocenters. The van der Waals surface area contributed by atoms with Crippen molar-refractivity contribution in [2.24, 2.45) is 0 Å². The molecule has 0 heterocycles. The molecule has 4 heteroatoms. The zero-order chi connectivity index (χ0) is 8.69. The lowest BCUT2D eigenvalue weighted by atomic mass is 10.6. The Bertz CT molecular complexity index is 196. The lowest BCUT2D eigenvalue weighted by Gasteiger charge is -1.94. The van der Waals surface area contributed by atoms with Crippen molar-refractivity contribution in [1.29, 1.82) is 0 Å². The Morgan fingerprint density at radius 3 is 2.82 bits per heavy atom. The fraction of sp³-hybridized carbons (Fsp3) is 0.286.